The summed E-state index contributed by atoms with van der Waals surface area (Å²) < 4.78 is 0. The van der Waals surface area contributed by atoms with Crippen LogP contribution in [-0.2, 0) is 16.0 Å². The molecular formula is C13H20N4O2. The Kier molecular flexibility index (Phi) is 4.19. The van der Waals surface area contributed by atoms with Gasteiger partial charge >= 0.3 is 0 Å². The molecule has 1 fully saturated rings. The van der Waals surface area contributed by atoms with Gasteiger partial charge in [0.15, 0.2) is 5.82 Å². The zero-order valence-electron chi connectivity index (χ0n) is 11.4. The second-order valence-corrected chi connectivity index (χ2v) is 4.85. The highest BCUT2D eigenvalue weighted by Gasteiger charge is 2.33. The first kappa shape index (κ1) is 13.6. The van der Waals surface area contributed by atoms with Crippen molar-refractivity contribution < 1.29 is 9.59 Å². The molecule has 6 heteroatoms. The fourth-order valence-electron chi connectivity index (χ4n) is 2.30. The van der Waals surface area contributed by atoms with Crippen molar-refractivity contribution in [3.05, 3.63) is 11.8 Å². The van der Waals surface area contributed by atoms with Gasteiger partial charge in [-0.15, -0.1) is 0 Å². The molecule has 1 aliphatic heterocycles. The van der Waals surface area contributed by atoms with Crippen molar-refractivity contribution in [3.8, 4) is 0 Å². The van der Waals surface area contributed by atoms with E-state index in [-0.39, 0.29) is 17.7 Å². The molecule has 1 saturated heterocycles. The lowest BCUT2D eigenvalue weighted by molar-refractivity contribution is -0.128. The number of rotatable bonds is 5. The molecular weight excluding hydrogens is 244 g/mol. The Morgan fingerprint density at radius 1 is 1.58 bits per heavy atom. The van der Waals surface area contributed by atoms with Crippen molar-refractivity contribution in [1.29, 1.82) is 0 Å². The lowest BCUT2D eigenvalue weighted by Crippen LogP contribution is -2.28. The highest BCUT2D eigenvalue weighted by molar-refractivity contribution is 5.96. The van der Waals surface area contributed by atoms with E-state index in [1.165, 1.54) is 0 Å². The number of nitrogens with zero attached hydrogens (tertiary/aromatic N) is 2. The third-order valence-corrected chi connectivity index (χ3v) is 3.37. The van der Waals surface area contributed by atoms with Crippen LogP contribution >= 0.6 is 0 Å². The smallest absolute Gasteiger partial charge is 0.230 e. The van der Waals surface area contributed by atoms with Crippen LogP contribution in [0.15, 0.2) is 6.07 Å². The lowest BCUT2D eigenvalue weighted by atomic mass is 10.1. The average molecular weight is 264 g/mol. The number of aromatic amines is 1. The SMILES string of the molecule is CCCc1cc(NC(=O)C2CC(=O)N(CC)C2)n[nH]1. The predicted octanol–water partition coefficient (Wildman–Crippen LogP) is 1.17. The minimum absolute atomic E-state index is 0.0522. The second kappa shape index (κ2) is 5.86. The summed E-state index contributed by atoms with van der Waals surface area (Å²) in [6, 6.07) is 1.84. The summed E-state index contributed by atoms with van der Waals surface area (Å²) in [5.74, 6) is 0.199. The van der Waals surface area contributed by atoms with Crippen LogP contribution < -0.4 is 5.32 Å². The van der Waals surface area contributed by atoms with Crippen molar-refractivity contribution in [2.45, 2.75) is 33.1 Å². The molecule has 1 aliphatic rings. The summed E-state index contributed by atoms with van der Waals surface area (Å²) in [7, 11) is 0. The van der Waals surface area contributed by atoms with Crippen LogP contribution in [0, 0.1) is 5.92 Å². The summed E-state index contributed by atoms with van der Waals surface area (Å²) in [5, 5.41) is 9.71. The number of aromatic nitrogens is 2. The summed E-state index contributed by atoms with van der Waals surface area (Å²) >= 11 is 0. The van der Waals surface area contributed by atoms with E-state index < -0.39 is 0 Å². The van der Waals surface area contributed by atoms with Gasteiger partial charge < -0.3 is 10.2 Å². The van der Waals surface area contributed by atoms with Crippen LogP contribution in [0.3, 0.4) is 0 Å². The number of amides is 2. The average Bonchev–Trinajstić information content (AvgIpc) is 2.96. The van der Waals surface area contributed by atoms with E-state index >= 15 is 0 Å². The molecule has 19 heavy (non-hydrogen) atoms. The molecule has 1 aromatic heterocycles. The summed E-state index contributed by atoms with van der Waals surface area (Å²) in [4.78, 5) is 25.3. The van der Waals surface area contributed by atoms with E-state index in [1.807, 2.05) is 13.0 Å². The van der Waals surface area contributed by atoms with Gasteiger partial charge in [-0.2, -0.15) is 5.10 Å². The molecule has 0 aliphatic carbocycles. The molecule has 2 N–H and O–H groups in total. The normalized spacial score (nSPS) is 18.9. The first-order valence-electron chi connectivity index (χ1n) is 6.77. The fraction of sp³-hybridized carbons (Fsp3) is 0.615. The van der Waals surface area contributed by atoms with Gasteiger partial charge in [-0.25, -0.2) is 0 Å². The van der Waals surface area contributed by atoms with Crippen molar-refractivity contribution in [2.24, 2.45) is 5.92 Å². The Balaban J connectivity index is 1.92. The molecule has 1 atom stereocenters. The summed E-state index contributed by atoms with van der Waals surface area (Å²) in [5.41, 5.74) is 1.01. The van der Waals surface area contributed by atoms with E-state index in [0.29, 0.717) is 25.3 Å². The van der Waals surface area contributed by atoms with Crippen LogP contribution in [0.5, 0.6) is 0 Å². The van der Waals surface area contributed by atoms with Gasteiger partial charge in [0.05, 0.1) is 5.92 Å². The maximum atomic E-state index is 12.0. The van der Waals surface area contributed by atoms with Crippen LogP contribution in [-0.4, -0.2) is 40.0 Å². The fourth-order valence-corrected chi connectivity index (χ4v) is 2.30. The van der Waals surface area contributed by atoms with Gasteiger partial charge in [0.2, 0.25) is 11.8 Å². The number of nitrogens with one attached hydrogen (secondary N) is 2. The maximum Gasteiger partial charge on any atom is 0.230 e. The van der Waals surface area contributed by atoms with Gasteiger partial charge in [0.25, 0.3) is 0 Å². The largest absolute Gasteiger partial charge is 0.342 e. The first-order chi connectivity index (χ1) is 9.13. The lowest BCUT2D eigenvalue weighted by Gasteiger charge is -2.12. The second-order valence-electron chi connectivity index (χ2n) is 4.85. The Morgan fingerprint density at radius 2 is 2.37 bits per heavy atom. The number of likely N-dealkylation sites (tertiary alicyclic amines) is 1. The van der Waals surface area contributed by atoms with Crippen molar-refractivity contribution in [2.75, 3.05) is 18.4 Å². The van der Waals surface area contributed by atoms with E-state index in [1.54, 1.807) is 4.90 Å². The molecule has 1 unspecified atom stereocenters. The molecule has 104 valence electrons. The Bertz CT molecular complexity index is 469. The highest BCUT2D eigenvalue weighted by Crippen LogP contribution is 2.19. The standard InChI is InChI=1S/C13H20N4O2/c1-3-5-10-7-11(16-15-10)14-13(19)9-6-12(18)17(4-2)8-9/h7,9H,3-6,8H2,1-2H3,(H2,14,15,16,19). The molecule has 2 heterocycles. The van der Waals surface area contributed by atoms with Crippen molar-refractivity contribution >= 4 is 17.6 Å². The molecule has 6 nitrogen and oxygen atoms in total. The van der Waals surface area contributed by atoms with Gasteiger partial charge in [0.1, 0.15) is 0 Å². The minimum Gasteiger partial charge on any atom is -0.342 e. The third-order valence-electron chi connectivity index (χ3n) is 3.37. The number of anilines is 1. The Morgan fingerprint density at radius 3 is 3.00 bits per heavy atom. The monoisotopic (exact) mass is 264 g/mol. The quantitative estimate of drug-likeness (QED) is 0.838. The van der Waals surface area contributed by atoms with Crippen LogP contribution in [0.4, 0.5) is 5.82 Å². The number of carbonyl (C=O) groups is 2. The third kappa shape index (κ3) is 3.13. The maximum absolute atomic E-state index is 12.0. The van der Waals surface area contributed by atoms with Gasteiger partial charge in [-0.1, -0.05) is 13.3 Å². The highest BCUT2D eigenvalue weighted by atomic mass is 16.2. The first-order valence-corrected chi connectivity index (χ1v) is 6.77. The van der Waals surface area contributed by atoms with Gasteiger partial charge in [0, 0.05) is 31.3 Å². The van der Waals surface area contributed by atoms with E-state index in [0.717, 1.165) is 18.5 Å². The van der Waals surface area contributed by atoms with Crippen LogP contribution in [0.25, 0.3) is 0 Å². The van der Waals surface area contributed by atoms with E-state index in [4.69, 9.17) is 0 Å². The van der Waals surface area contributed by atoms with Crippen LogP contribution in [0.2, 0.25) is 0 Å². The molecule has 0 bridgehead atoms. The minimum atomic E-state index is -0.265. The number of aryl methyl sites for hydroxylation is 1. The van der Waals surface area contributed by atoms with Crippen LogP contribution in [0.1, 0.15) is 32.4 Å². The summed E-state index contributed by atoms with van der Waals surface area (Å²) in [6.07, 6.45) is 2.23. The molecule has 0 saturated carbocycles. The number of carbonyl (C=O) groups excluding carboxylic acids is 2. The Hall–Kier alpha value is -1.85. The molecule has 2 amide bonds. The Labute approximate surface area is 112 Å². The van der Waals surface area contributed by atoms with Gasteiger partial charge in [-0.05, 0) is 13.3 Å². The van der Waals surface area contributed by atoms with E-state index in [9.17, 15) is 9.59 Å². The van der Waals surface area contributed by atoms with Crippen molar-refractivity contribution in [3.63, 3.8) is 0 Å². The molecule has 0 spiro atoms. The summed E-state index contributed by atoms with van der Waals surface area (Å²) in [6.45, 7) is 5.17. The number of hydrogen-bond acceptors (Lipinski definition) is 3. The molecule has 1 aromatic rings. The molecule has 0 aromatic carbocycles. The van der Waals surface area contributed by atoms with Gasteiger partial charge in [-0.3, -0.25) is 14.7 Å². The van der Waals surface area contributed by atoms with E-state index in [2.05, 4.69) is 22.4 Å². The molecule has 2 rings (SSSR count). The topological polar surface area (TPSA) is 78.1 Å². The number of hydrogen-bond donors (Lipinski definition) is 2. The van der Waals surface area contributed by atoms with Crippen molar-refractivity contribution in [1.82, 2.24) is 15.1 Å². The number of H-pyrrole nitrogens is 1. The molecule has 0 radical (unpaired) electrons. The predicted molar refractivity (Wildman–Crippen MR) is 71.6 cm³/mol. The zero-order valence-corrected chi connectivity index (χ0v) is 11.4. The zero-order chi connectivity index (χ0) is 13.8.